The minimum absolute atomic E-state index is 0.275. The maximum atomic E-state index is 4.47. The Bertz CT molecular complexity index is 583. The van der Waals surface area contributed by atoms with Crippen molar-refractivity contribution in [2.24, 2.45) is 4.99 Å². The third-order valence-corrected chi connectivity index (χ3v) is 4.25. The van der Waals surface area contributed by atoms with Gasteiger partial charge in [0.2, 0.25) is 0 Å². The molecular weight excluding hydrogens is 294 g/mol. The van der Waals surface area contributed by atoms with Crippen LogP contribution in [0.3, 0.4) is 0 Å². The van der Waals surface area contributed by atoms with Crippen LogP contribution in [0, 0.1) is 0 Å². The van der Waals surface area contributed by atoms with E-state index in [-0.39, 0.29) is 12.1 Å². The fraction of sp³-hybridized carbons (Fsp3) is 0.381. The number of rotatable bonds is 2. The van der Waals surface area contributed by atoms with Gasteiger partial charge in [-0.15, -0.1) is 0 Å². The highest BCUT2D eigenvalue weighted by Crippen LogP contribution is 2.43. The first-order chi connectivity index (χ1) is 11.7. The monoisotopic (exact) mass is 323 g/mol. The fourth-order valence-corrected chi connectivity index (χ4v) is 3.35. The van der Waals surface area contributed by atoms with Gasteiger partial charge in [0.25, 0.3) is 0 Å². The molecule has 2 unspecified atom stereocenters. The minimum atomic E-state index is 0.275. The summed E-state index contributed by atoms with van der Waals surface area (Å²) < 4.78 is 0. The summed E-state index contributed by atoms with van der Waals surface area (Å²) in [6.07, 6.45) is 1.25. The zero-order valence-corrected chi connectivity index (χ0v) is 15.5. The Kier molecular flexibility index (Phi) is 6.42. The van der Waals surface area contributed by atoms with Crippen molar-refractivity contribution in [3.8, 4) is 0 Å². The molecule has 1 heterocycles. The van der Waals surface area contributed by atoms with Crippen LogP contribution in [0.5, 0.6) is 0 Å². The lowest BCUT2D eigenvalue weighted by Gasteiger charge is -2.26. The standard InChI is InChI=1S/C18H21N3.C3H8/c1-19-18-20(2)16(14-10-6-4-7-11-14)17(21(18)3)15-12-8-5-9-13-15;1-3-2/h4-13,16-17H,1-3H3;3H2,1-2H3. The molecule has 128 valence electrons. The second-order valence-corrected chi connectivity index (χ2v) is 6.16. The molecule has 2 atom stereocenters. The first kappa shape index (κ1) is 18.1. The van der Waals surface area contributed by atoms with Gasteiger partial charge in [0.1, 0.15) is 0 Å². The van der Waals surface area contributed by atoms with Crippen LogP contribution in [-0.4, -0.2) is 36.9 Å². The summed E-state index contributed by atoms with van der Waals surface area (Å²) in [6.45, 7) is 4.25. The van der Waals surface area contributed by atoms with E-state index in [1.54, 1.807) is 0 Å². The van der Waals surface area contributed by atoms with Crippen LogP contribution in [-0.2, 0) is 0 Å². The Balaban J connectivity index is 0.000000647. The Morgan fingerprint density at radius 1 is 0.750 bits per heavy atom. The molecule has 0 radical (unpaired) electrons. The summed E-state index contributed by atoms with van der Waals surface area (Å²) >= 11 is 0. The van der Waals surface area contributed by atoms with Crippen molar-refractivity contribution in [3.63, 3.8) is 0 Å². The third kappa shape index (κ3) is 3.61. The van der Waals surface area contributed by atoms with Crippen LogP contribution in [0.2, 0.25) is 0 Å². The second-order valence-electron chi connectivity index (χ2n) is 6.16. The Morgan fingerprint density at radius 3 is 1.38 bits per heavy atom. The summed E-state index contributed by atoms with van der Waals surface area (Å²) in [6, 6.07) is 21.9. The van der Waals surface area contributed by atoms with E-state index in [0.29, 0.717) is 0 Å². The van der Waals surface area contributed by atoms with Crippen molar-refractivity contribution in [2.75, 3.05) is 21.1 Å². The van der Waals surface area contributed by atoms with E-state index < -0.39 is 0 Å². The summed E-state index contributed by atoms with van der Waals surface area (Å²) in [4.78, 5) is 9.01. The summed E-state index contributed by atoms with van der Waals surface area (Å²) in [5, 5.41) is 0. The van der Waals surface area contributed by atoms with E-state index in [0.717, 1.165) is 5.96 Å². The lowest BCUT2D eigenvalue weighted by molar-refractivity contribution is 0.316. The largest absolute Gasteiger partial charge is 0.336 e. The summed E-state index contributed by atoms with van der Waals surface area (Å²) in [7, 11) is 6.11. The smallest absolute Gasteiger partial charge is 0.197 e. The molecule has 3 rings (SSSR count). The maximum Gasteiger partial charge on any atom is 0.197 e. The molecule has 1 saturated heterocycles. The van der Waals surface area contributed by atoms with E-state index >= 15 is 0 Å². The lowest BCUT2D eigenvalue weighted by atomic mass is 9.93. The highest BCUT2D eigenvalue weighted by atomic mass is 15.4. The number of nitrogens with zero attached hydrogens (tertiary/aromatic N) is 3. The maximum absolute atomic E-state index is 4.47. The van der Waals surface area contributed by atoms with Gasteiger partial charge in [0.15, 0.2) is 5.96 Å². The van der Waals surface area contributed by atoms with Crippen molar-refractivity contribution in [2.45, 2.75) is 32.4 Å². The molecule has 1 aliphatic heterocycles. The van der Waals surface area contributed by atoms with Gasteiger partial charge in [-0.05, 0) is 11.1 Å². The number of hydrogen-bond donors (Lipinski definition) is 0. The van der Waals surface area contributed by atoms with Gasteiger partial charge < -0.3 is 9.80 Å². The first-order valence-electron chi connectivity index (χ1n) is 8.68. The predicted molar refractivity (Wildman–Crippen MR) is 103 cm³/mol. The van der Waals surface area contributed by atoms with Crippen LogP contribution in [0.4, 0.5) is 0 Å². The van der Waals surface area contributed by atoms with Crippen LogP contribution < -0.4 is 0 Å². The van der Waals surface area contributed by atoms with Gasteiger partial charge in [-0.25, -0.2) is 0 Å². The quantitative estimate of drug-likeness (QED) is 0.794. The van der Waals surface area contributed by atoms with Gasteiger partial charge in [-0.1, -0.05) is 80.9 Å². The molecule has 0 saturated carbocycles. The molecule has 3 nitrogen and oxygen atoms in total. The van der Waals surface area contributed by atoms with Crippen LogP contribution in [0.1, 0.15) is 43.5 Å². The third-order valence-electron chi connectivity index (χ3n) is 4.25. The molecule has 3 heteroatoms. The highest BCUT2D eigenvalue weighted by molar-refractivity contribution is 5.83. The van der Waals surface area contributed by atoms with Crippen molar-refractivity contribution in [1.29, 1.82) is 0 Å². The zero-order valence-electron chi connectivity index (χ0n) is 15.5. The van der Waals surface area contributed by atoms with Crippen molar-refractivity contribution in [1.82, 2.24) is 9.80 Å². The lowest BCUT2D eigenvalue weighted by Crippen LogP contribution is -2.29. The molecule has 2 aromatic carbocycles. The average molecular weight is 323 g/mol. The fourth-order valence-electron chi connectivity index (χ4n) is 3.35. The summed E-state index contributed by atoms with van der Waals surface area (Å²) in [5.74, 6) is 1.03. The minimum Gasteiger partial charge on any atom is -0.336 e. The van der Waals surface area contributed by atoms with E-state index in [9.17, 15) is 0 Å². The molecule has 2 aromatic rings. The Labute approximate surface area is 146 Å². The molecule has 0 N–H and O–H groups in total. The highest BCUT2D eigenvalue weighted by Gasteiger charge is 2.41. The van der Waals surface area contributed by atoms with Gasteiger partial charge in [0.05, 0.1) is 12.1 Å². The van der Waals surface area contributed by atoms with Gasteiger partial charge >= 0.3 is 0 Å². The van der Waals surface area contributed by atoms with E-state index in [4.69, 9.17) is 0 Å². The number of aliphatic imine (C=N–C) groups is 1. The van der Waals surface area contributed by atoms with Crippen molar-refractivity contribution in [3.05, 3.63) is 71.8 Å². The molecule has 1 aliphatic rings. The number of benzene rings is 2. The van der Waals surface area contributed by atoms with Crippen molar-refractivity contribution >= 4 is 5.96 Å². The average Bonchev–Trinajstić information content (AvgIpc) is 2.87. The molecule has 0 aromatic heterocycles. The number of likely N-dealkylation sites (N-methyl/N-ethyl adjacent to an activating group) is 2. The molecule has 24 heavy (non-hydrogen) atoms. The zero-order chi connectivity index (χ0) is 17.5. The van der Waals surface area contributed by atoms with Crippen LogP contribution >= 0.6 is 0 Å². The van der Waals surface area contributed by atoms with Gasteiger partial charge in [0, 0.05) is 21.1 Å². The number of guanidine groups is 1. The Morgan fingerprint density at radius 2 is 1.08 bits per heavy atom. The van der Waals surface area contributed by atoms with Crippen LogP contribution in [0.25, 0.3) is 0 Å². The molecular formula is C21H29N3. The van der Waals surface area contributed by atoms with Gasteiger partial charge in [-0.3, -0.25) is 4.99 Å². The second kappa shape index (κ2) is 8.53. The normalized spacial score (nSPS) is 19.8. The predicted octanol–water partition coefficient (Wildman–Crippen LogP) is 4.75. The van der Waals surface area contributed by atoms with E-state index in [2.05, 4.69) is 103 Å². The van der Waals surface area contributed by atoms with Crippen molar-refractivity contribution < 1.29 is 0 Å². The molecule has 0 amide bonds. The van der Waals surface area contributed by atoms with E-state index in [1.807, 2.05) is 7.05 Å². The molecule has 0 bridgehead atoms. The topological polar surface area (TPSA) is 18.8 Å². The molecule has 0 aliphatic carbocycles. The first-order valence-corrected chi connectivity index (χ1v) is 8.68. The Hall–Kier alpha value is -2.29. The summed E-state index contributed by atoms with van der Waals surface area (Å²) in [5.41, 5.74) is 2.64. The number of hydrogen-bond acceptors (Lipinski definition) is 1. The molecule has 1 fully saturated rings. The molecule has 0 spiro atoms. The van der Waals surface area contributed by atoms with Crippen LogP contribution in [0.15, 0.2) is 65.7 Å². The SMILES string of the molecule is CCC.CN=C1N(C)C(c2ccccc2)C(c2ccccc2)N1C. The van der Waals surface area contributed by atoms with E-state index in [1.165, 1.54) is 17.5 Å². The van der Waals surface area contributed by atoms with Gasteiger partial charge in [-0.2, -0.15) is 0 Å².